The summed E-state index contributed by atoms with van der Waals surface area (Å²) in [5.74, 6) is -2.03. The number of ketones is 1. The van der Waals surface area contributed by atoms with Crippen molar-refractivity contribution in [1.82, 2.24) is 10.1 Å². The van der Waals surface area contributed by atoms with Crippen molar-refractivity contribution < 1.29 is 18.1 Å². The fraction of sp³-hybridized carbons (Fsp3) is 0.450. The second-order valence-corrected chi connectivity index (χ2v) is 7.14. The van der Waals surface area contributed by atoms with Crippen LogP contribution in [0.2, 0.25) is 0 Å². The normalized spacial score (nSPS) is 17.9. The second kappa shape index (κ2) is 7.21. The van der Waals surface area contributed by atoms with Crippen molar-refractivity contribution in [2.75, 3.05) is 0 Å². The van der Waals surface area contributed by atoms with Crippen molar-refractivity contribution in [3.05, 3.63) is 34.3 Å². The van der Waals surface area contributed by atoms with Crippen LogP contribution in [0.4, 0.5) is 14.6 Å². The quantitative estimate of drug-likeness (QED) is 0.552. The topological polar surface area (TPSA) is 71.2 Å². The lowest BCUT2D eigenvalue weighted by Crippen LogP contribution is -2.28. The molecule has 1 N–H and O–H groups in total. The molecule has 0 amide bonds. The van der Waals surface area contributed by atoms with E-state index in [-0.39, 0.29) is 31.5 Å². The van der Waals surface area contributed by atoms with Crippen LogP contribution in [-0.4, -0.2) is 28.6 Å². The number of carbonyl (C=O) groups excluding carboxylic acids is 1. The van der Waals surface area contributed by atoms with Crippen LogP contribution >= 0.6 is 0 Å². The Morgan fingerprint density at radius 3 is 2.63 bits per heavy atom. The number of H-pyrrole nitrogens is 1. The molecule has 3 rings (SSSR count). The van der Waals surface area contributed by atoms with E-state index in [1.807, 2.05) is 26.8 Å². The Balaban J connectivity index is 1.95. The molecule has 27 heavy (non-hydrogen) atoms. The molecule has 0 radical (unpaired) electrons. The highest BCUT2D eigenvalue weighted by atomic mass is 19.3. The van der Waals surface area contributed by atoms with Gasteiger partial charge >= 0.3 is 0 Å². The van der Waals surface area contributed by atoms with Gasteiger partial charge in [-0.15, -0.1) is 0 Å². The van der Waals surface area contributed by atoms with Gasteiger partial charge in [-0.05, 0) is 52.0 Å². The number of aryl methyl sites for hydroxylation is 2. The first-order chi connectivity index (χ1) is 12.7. The van der Waals surface area contributed by atoms with E-state index >= 15 is 0 Å². The summed E-state index contributed by atoms with van der Waals surface area (Å²) in [4.78, 5) is 19.9. The van der Waals surface area contributed by atoms with E-state index < -0.39 is 11.8 Å². The zero-order valence-corrected chi connectivity index (χ0v) is 15.7. The van der Waals surface area contributed by atoms with Gasteiger partial charge in [0.25, 0.3) is 0 Å². The number of hydrogen-bond acceptors (Lipinski definition) is 4. The van der Waals surface area contributed by atoms with Crippen molar-refractivity contribution in [3.8, 4) is 0 Å². The van der Waals surface area contributed by atoms with E-state index in [9.17, 15) is 13.6 Å². The SMILES string of the molecule is C=Nc1[nH]cc(C(=O)C2CCC(F)(F)CC2)c1/C=C(\C)c1c(C)noc1C. The second-order valence-electron chi connectivity index (χ2n) is 7.14. The third kappa shape index (κ3) is 3.77. The Morgan fingerprint density at radius 2 is 2.07 bits per heavy atom. The van der Waals surface area contributed by atoms with Gasteiger partial charge in [-0.25, -0.2) is 13.8 Å². The van der Waals surface area contributed by atoms with Crippen molar-refractivity contribution in [1.29, 1.82) is 0 Å². The van der Waals surface area contributed by atoms with Crippen molar-refractivity contribution in [2.45, 2.75) is 52.4 Å². The summed E-state index contributed by atoms with van der Waals surface area (Å²) in [6.07, 6.45) is 3.33. The highest BCUT2D eigenvalue weighted by Gasteiger charge is 2.38. The monoisotopic (exact) mass is 375 g/mol. The zero-order chi connectivity index (χ0) is 19.8. The maximum Gasteiger partial charge on any atom is 0.248 e. The summed E-state index contributed by atoms with van der Waals surface area (Å²) < 4.78 is 32.1. The smallest absolute Gasteiger partial charge is 0.248 e. The molecule has 0 bridgehead atoms. The predicted octanol–water partition coefficient (Wildman–Crippen LogP) is 5.52. The number of aromatic nitrogens is 2. The summed E-state index contributed by atoms with van der Waals surface area (Å²) in [6.45, 7) is 9.13. The van der Waals surface area contributed by atoms with Crippen molar-refractivity contribution >= 4 is 30.0 Å². The lowest BCUT2D eigenvalue weighted by molar-refractivity contribution is -0.0424. The van der Waals surface area contributed by atoms with E-state index in [0.717, 1.165) is 16.8 Å². The van der Waals surface area contributed by atoms with Crippen LogP contribution in [0.25, 0.3) is 11.6 Å². The molecular formula is C20H23F2N3O2. The summed E-state index contributed by atoms with van der Waals surface area (Å²) in [5.41, 5.74) is 3.58. The van der Waals surface area contributed by atoms with Gasteiger partial charge in [0.2, 0.25) is 5.92 Å². The fourth-order valence-electron chi connectivity index (χ4n) is 3.76. The summed E-state index contributed by atoms with van der Waals surface area (Å²) in [7, 11) is 0. The minimum absolute atomic E-state index is 0.130. The first-order valence-corrected chi connectivity index (χ1v) is 8.95. The van der Waals surface area contributed by atoms with Crippen molar-refractivity contribution in [2.24, 2.45) is 10.9 Å². The van der Waals surface area contributed by atoms with Crippen LogP contribution in [0, 0.1) is 19.8 Å². The average Bonchev–Trinajstić information content (AvgIpc) is 3.17. The minimum atomic E-state index is -2.66. The molecule has 1 saturated carbocycles. The molecule has 5 nitrogen and oxygen atoms in total. The molecule has 0 aliphatic heterocycles. The summed E-state index contributed by atoms with van der Waals surface area (Å²) >= 11 is 0. The number of nitrogens with zero attached hydrogens (tertiary/aromatic N) is 2. The summed E-state index contributed by atoms with van der Waals surface area (Å²) in [6, 6.07) is 0. The Bertz CT molecular complexity index is 879. The summed E-state index contributed by atoms with van der Waals surface area (Å²) in [5, 5.41) is 3.96. The van der Waals surface area contributed by atoms with Crippen LogP contribution in [0.5, 0.6) is 0 Å². The molecule has 0 spiro atoms. The standard InChI is InChI=1S/C20H23F2N3O2/c1-11(17-12(2)25-27-13(17)3)9-15-16(10-24-19(15)23-4)18(26)14-5-7-20(21,22)8-6-14/h9-10,14,24H,4-8H2,1-3H3/b11-9+. The molecule has 1 aliphatic carbocycles. The van der Waals surface area contributed by atoms with E-state index in [1.165, 1.54) is 0 Å². The van der Waals surface area contributed by atoms with Gasteiger partial charge in [0, 0.05) is 41.6 Å². The number of Topliss-reactive ketones (excluding diaryl/α,β-unsaturated/α-hetero) is 1. The fourth-order valence-corrected chi connectivity index (χ4v) is 3.76. The Hall–Kier alpha value is -2.57. The molecule has 0 aromatic carbocycles. The number of aliphatic imine (C=N–C) groups is 1. The van der Waals surface area contributed by atoms with E-state index in [4.69, 9.17) is 4.52 Å². The van der Waals surface area contributed by atoms with Crippen LogP contribution in [0.3, 0.4) is 0 Å². The number of allylic oxidation sites excluding steroid dienone is 1. The van der Waals surface area contributed by atoms with Crippen molar-refractivity contribution in [3.63, 3.8) is 0 Å². The first-order valence-electron chi connectivity index (χ1n) is 8.95. The number of aromatic amines is 1. The largest absolute Gasteiger partial charge is 0.361 e. The molecule has 1 fully saturated rings. The number of carbonyl (C=O) groups is 1. The van der Waals surface area contributed by atoms with E-state index in [1.54, 1.807) is 6.20 Å². The predicted molar refractivity (Wildman–Crippen MR) is 101 cm³/mol. The maximum absolute atomic E-state index is 13.4. The van der Waals surface area contributed by atoms with Crippen LogP contribution in [0.1, 0.15) is 65.5 Å². The van der Waals surface area contributed by atoms with E-state index in [2.05, 4.69) is 21.9 Å². The van der Waals surface area contributed by atoms with Gasteiger partial charge in [0.05, 0.1) is 5.69 Å². The molecule has 144 valence electrons. The molecule has 0 unspecified atom stereocenters. The van der Waals surface area contributed by atoms with Gasteiger partial charge in [0.1, 0.15) is 11.6 Å². The number of alkyl halides is 2. The highest BCUT2D eigenvalue weighted by molar-refractivity contribution is 6.04. The number of nitrogens with one attached hydrogen (secondary N) is 1. The first kappa shape index (κ1) is 19.2. The van der Waals surface area contributed by atoms with Crippen LogP contribution in [-0.2, 0) is 0 Å². The van der Waals surface area contributed by atoms with E-state index in [0.29, 0.717) is 22.7 Å². The number of rotatable bonds is 5. The molecule has 2 aromatic heterocycles. The van der Waals surface area contributed by atoms with Crippen LogP contribution < -0.4 is 0 Å². The number of halogens is 2. The molecule has 0 atom stereocenters. The molecule has 2 aromatic rings. The number of hydrogen-bond donors (Lipinski definition) is 1. The van der Waals surface area contributed by atoms with Gasteiger partial charge in [0.15, 0.2) is 5.78 Å². The molecule has 1 aliphatic rings. The van der Waals surface area contributed by atoms with Gasteiger partial charge < -0.3 is 9.51 Å². The highest BCUT2D eigenvalue weighted by Crippen LogP contribution is 2.39. The van der Waals surface area contributed by atoms with Crippen LogP contribution in [0.15, 0.2) is 15.7 Å². The lowest BCUT2D eigenvalue weighted by Gasteiger charge is -2.27. The lowest BCUT2D eigenvalue weighted by atomic mass is 9.81. The van der Waals surface area contributed by atoms with Gasteiger partial charge in [-0.3, -0.25) is 4.79 Å². The Morgan fingerprint density at radius 1 is 1.41 bits per heavy atom. The zero-order valence-electron chi connectivity index (χ0n) is 15.7. The third-order valence-corrected chi connectivity index (χ3v) is 5.20. The molecule has 7 heteroatoms. The van der Waals surface area contributed by atoms with Gasteiger partial charge in [-0.2, -0.15) is 0 Å². The Kier molecular flexibility index (Phi) is 5.13. The molecule has 2 heterocycles. The molecular weight excluding hydrogens is 352 g/mol. The average molecular weight is 375 g/mol. The Labute approximate surface area is 156 Å². The third-order valence-electron chi connectivity index (χ3n) is 5.20. The molecule has 0 saturated heterocycles. The van der Waals surface area contributed by atoms with Gasteiger partial charge in [-0.1, -0.05) is 5.16 Å². The maximum atomic E-state index is 13.4. The minimum Gasteiger partial charge on any atom is -0.361 e.